The third kappa shape index (κ3) is 5.73. The van der Waals surface area contributed by atoms with Crippen LogP contribution in [0.15, 0.2) is 65.6 Å². The fourth-order valence-corrected chi connectivity index (χ4v) is 5.05. The number of carbonyl (C=O) groups excluding carboxylic acids is 2. The van der Waals surface area contributed by atoms with Gasteiger partial charge in [-0.05, 0) is 93.5 Å². The van der Waals surface area contributed by atoms with E-state index < -0.39 is 0 Å². The Morgan fingerprint density at radius 2 is 1.85 bits per heavy atom. The van der Waals surface area contributed by atoms with Gasteiger partial charge in [0.05, 0.1) is 22.1 Å². The van der Waals surface area contributed by atoms with Crippen molar-refractivity contribution >= 4 is 63.2 Å². The van der Waals surface area contributed by atoms with Crippen molar-refractivity contribution in [1.29, 1.82) is 0 Å². The lowest BCUT2D eigenvalue weighted by Gasteiger charge is -2.14. The molecule has 2 amide bonds. The van der Waals surface area contributed by atoms with E-state index in [-0.39, 0.29) is 30.1 Å². The van der Waals surface area contributed by atoms with E-state index in [4.69, 9.17) is 21.1 Å². The van der Waals surface area contributed by atoms with Gasteiger partial charge >= 0.3 is 0 Å². The molecular formula is C25H18ClFINO4S. The number of amides is 2. The number of methoxy groups -OCH3 is 1. The highest BCUT2D eigenvalue weighted by Crippen LogP contribution is 2.38. The second-order valence-corrected chi connectivity index (χ2v) is 9.94. The van der Waals surface area contributed by atoms with E-state index in [1.807, 2.05) is 6.07 Å². The maximum atomic E-state index is 13.4. The number of rotatable bonds is 7. The second-order valence-electron chi connectivity index (χ2n) is 7.35. The molecule has 174 valence electrons. The molecule has 0 saturated carbocycles. The summed E-state index contributed by atoms with van der Waals surface area (Å²) in [6.45, 7) is 0.347. The average Bonchev–Trinajstić information content (AvgIpc) is 3.06. The van der Waals surface area contributed by atoms with Crippen LogP contribution in [0.5, 0.6) is 11.5 Å². The number of nitrogens with zero attached hydrogens (tertiary/aromatic N) is 1. The average molecular weight is 610 g/mol. The smallest absolute Gasteiger partial charge is 0.293 e. The minimum Gasteiger partial charge on any atom is -0.493 e. The summed E-state index contributed by atoms with van der Waals surface area (Å²) in [5, 5.41) is 0.257. The number of halogens is 3. The van der Waals surface area contributed by atoms with E-state index in [2.05, 4.69) is 22.6 Å². The summed E-state index contributed by atoms with van der Waals surface area (Å²) in [6, 6.07) is 16.8. The fourth-order valence-electron chi connectivity index (χ4n) is 3.31. The molecule has 3 aromatic carbocycles. The van der Waals surface area contributed by atoms with Crippen LogP contribution in [0.2, 0.25) is 5.02 Å². The maximum absolute atomic E-state index is 13.4. The number of hydrogen-bond acceptors (Lipinski definition) is 5. The first-order valence-electron chi connectivity index (χ1n) is 10.1. The molecule has 1 saturated heterocycles. The molecule has 1 aliphatic heterocycles. The molecule has 3 aromatic rings. The number of carbonyl (C=O) groups is 2. The molecule has 1 fully saturated rings. The van der Waals surface area contributed by atoms with E-state index in [0.29, 0.717) is 32.6 Å². The molecule has 34 heavy (non-hydrogen) atoms. The van der Waals surface area contributed by atoms with Crippen molar-refractivity contribution in [3.63, 3.8) is 0 Å². The number of benzene rings is 3. The Kier molecular flexibility index (Phi) is 7.80. The predicted molar refractivity (Wildman–Crippen MR) is 139 cm³/mol. The SMILES string of the molecule is COc1cc(/C=C2\SC(=O)N(Cc3ccc(Cl)cc3)C2=O)cc(I)c1OCc1cccc(F)c1. The molecule has 4 rings (SSSR count). The first-order valence-corrected chi connectivity index (χ1v) is 12.4. The second kappa shape index (κ2) is 10.8. The van der Waals surface area contributed by atoms with Crippen molar-refractivity contribution < 1.29 is 23.5 Å². The zero-order chi connectivity index (χ0) is 24.2. The maximum Gasteiger partial charge on any atom is 0.293 e. The van der Waals surface area contributed by atoms with Crippen LogP contribution in [-0.2, 0) is 17.9 Å². The van der Waals surface area contributed by atoms with Crippen LogP contribution in [0.3, 0.4) is 0 Å². The summed E-state index contributed by atoms with van der Waals surface area (Å²) in [4.78, 5) is 26.9. The van der Waals surface area contributed by atoms with E-state index in [0.717, 1.165) is 20.9 Å². The van der Waals surface area contributed by atoms with Crippen LogP contribution in [-0.4, -0.2) is 23.2 Å². The van der Waals surface area contributed by atoms with Gasteiger partial charge in [0.15, 0.2) is 11.5 Å². The predicted octanol–water partition coefficient (Wildman–Crippen LogP) is 6.91. The van der Waals surface area contributed by atoms with E-state index in [1.54, 1.807) is 48.5 Å². The highest BCUT2D eigenvalue weighted by Gasteiger charge is 2.35. The van der Waals surface area contributed by atoms with Crippen molar-refractivity contribution in [2.75, 3.05) is 7.11 Å². The highest BCUT2D eigenvalue weighted by molar-refractivity contribution is 14.1. The van der Waals surface area contributed by atoms with Crippen LogP contribution >= 0.6 is 46.0 Å². The molecule has 0 unspecified atom stereocenters. The van der Waals surface area contributed by atoms with E-state index >= 15 is 0 Å². The Balaban J connectivity index is 1.53. The standard InChI is InChI=1S/C25H18ClFINO4S/c1-32-21-11-17(10-20(28)23(21)33-14-16-3-2-4-19(27)9-16)12-22-24(30)29(25(31)34-22)13-15-5-7-18(26)8-6-15/h2-12H,13-14H2,1H3/b22-12-. The van der Waals surface area contributed by atoms with Crippen molar-refractivity contribution in [3.05, 3.63) is 96.7 Å². The van der Waals surface area contributed by atoms with Gasteiger partial charge in [0.1, 0.15) is 12.4 Å². The summed E-state index contributed by atoms with van der Waals surface area (Å²) < 4.78 is 25.6. The monoisotopic (exact) mass is 609 g/mol. The first kappa shape index (κ1) is 24.6. The van der Waals surface area contributed by atoms with Gasteiger partial charge in [0.2, 0.25) is 0 Å². The van der Waals surface area contributed by atoms with Crippen molar-refractivity contribution in [1.82, 2.24) is 4.90 Å². The lowest BCUT2D eigenvalue weighted by molar-refractivity contribution is -0.123. The Morgan fingerprint density at radius 1 is 1.09 bits per heavy atom. The van der Waals surface area contributed by atoms with Gasteiger partial charge in [0, 0.05) is 5.02 Å². The molecular weight excluding hydrogens is 592 g/mol. The van der Waals surface area contributed by atoms with Crippen LogP contribution < -0.4 is 9.47 Å². The lowest BCUT2D eigenvalue weighted by atomic mass is 10.1. The molecule has 0 aromatic heterocycles. The minimum absolute atomic E-state index is 0.174. The fraction of sp³-hybridized carbons (Fsp3) is 0.120. The van der Waals surface area contributed by atoms with Crippen LogP contribution in [0.4, 0.5) is 9.18 Å². The largest absolute Gasteiger partial charge is 0.493 e. The molecule has 1 aliphatic rings. The van der Waals surface area contributed by atoms with E-state index in [1.165, 1.54) is 24.1 Å². The Bertz CT molecular complexity index is 1280. The van der Waals surface area contributed by atoms with Crippen LogP contribution in [0.25, 0.3) is 6.08 Å². The zero-order valence-electron chi connectivity index (χ0n) is 17.9. The van der Waals surface area contributed by atoms with Gasteiger partial charge in [-0.2, -0.15) is 0 Å². The van der Waals surface area contributed by atoms with Gasteiger partial charge in [-0.3, -0.25) is 14.5 Å². The summed E-state index contributed by atoms with van der Waals surface area (Å²) in [6.07, 6.45) is 1.66. The van der Waals surface area contributed by atoms with Crippen molar-refractivity contribution in [3.8, 4) is 11.5 Å². The summed E-state index contributed by atoms with van der Waals surface area (Å²) >= 11 is 8.92. The lowest BCUT2D eigenvalue weighted by Crippen LogP contribution is -2.27. The molecule has 0 N–H and O–H groups in total. The number of thioether (sulfide) groups is 1. The van der Waals surface area contributed by atoms with Gasteiger partial charge < -0.3 is 9.47 Å². The van der Waals surface area contributed by atoms with Crippen LogP contribution in [0, 0.1) is 9.39 Å². The Labute approximate surface area is 219 Å². The third-order valence-corrected chi connectivity index (χ3v) is 6.91. The zero-order valence-corrected chi connectivity index (χ0v) is 21.6. The highest BCUT2D eigenvalue weighted by atomic mass is 127. The normalized spacial score (nSPS) is 14.7. The number of hydrogen-bond donors (Lipinski definition) is 0. The molecule has 0 spiro atoms. The molecule has 0 radical (unpaired) electrons. The minimum atomic E-state index is -0.356. The molecule has 9 heteroatoms. The van der Waals surface area contributed by atoms with Crippen molar-refractivity contribution in [2.24, 2.45) is 0 Å². The topological polar surface area (TPSA) is 55.8 Å². The van der Waals surface area contributed by atoms with E-state index in [9.17, 15) is 14.0 Å². The van der Waals surface area contributed by atoms with Crippen LogP contribution in [0.1, 0.15) is 16.7 Å². The van der Waals surface area contributed by atoms with Gasteiger partial charge in [-0.25, -0.2) is 4.39 Å². The molecule has 0 bridgehead atoms. The van der Waals surface area contributed by atoms with Gasteiger partial charge in [-0.15, -0.1) is 0 Å². The molecule has 0 aliphatic carbocycles. The third-order valence-electron chi connectivity index (χ3n) is 4.95. The summed E-state index contributed by atoms with van der Waals surface area (Å²) in [5.41, 5.74) is 2.19. The van der Waals surface area contributed by atoms with Gasteiger partial charge in [-0.1, -0.05) is 35.9 Å². The number of imide groups is 1. The molecule has 0 atom stereocenters. The van der Waals surface area contributed by atoms with Gasteiger partial charge in [0.25, 0.3) is 11.1 Å². The summed E-state index contributed by atoms with van der Waals surface area (Å²) in [5.74, 6) is 0.295. The molecule has 5 nitrogen and oxygen atoms in total. The number of ether oxygens (including phenoxy) is 2. The Morgan fingerprint density at radius 3 is 2.56 bits per heavy atom. The summed E-state index contributed by atoms with van der Waals surface area (Å²) in [7, 11) is 1.52. The quantitative estimate of drug-likeness (QED) is 0.215. The molecule has 1 heterocycles. The van der Waals surface area contributed by atoms with Crippen molar-refractivity contribution in [2.45, 2.75) is 13.2 Å². The first-order chi connectivity index (χ1) is 16.3. The Hall–Kier alpha value is -2.56.